The molecule has 0 bridgehead atoms. The van der Waals surface area contributed by atoms with Gasteiger partial charge in [-0.25, -0.2) is 4.39 Å². The fourth-order valence-corrected chi connectivity index (χ4v) is 8.40. The molecule has 5 aliphatic rings. The summed E-state index contributed by atoms with van der Waals surface area (Å²) < 4.78 is 57.9. The number of fused-ring (bicyclic) bond motifs is 7. The summed E-state index contributed by atoms with van der Waals surface area (Å²) in [4.78, 5) is 25.7. The first-order chi connectivity index (χ1) is 16.0. The van der Waals surface area contributed by atoms with Crippen LogP contribution in [0.3, 0.4) is 0 Å². The number of halogens is 1. The lowest BCUT2D eigenvalue weighted by molar-refractivity contribution is -0.246. The van der Waals surface area contributed by atoms with Gasteiger partial charge in [0.1, 0.15) is 6.61 Å². The van der Waals surface area contributed by atoms with Gasteiger partial charge in [0.15, 0.2) is 28.6 Å². The van der Waals surface area contributed by atoms with Crippen molar-refractivity contribution in [2.45, 2.75) is 82.6 Å². The highest BCUT2D eigenvalue weighted by Gasteiger charge is 2.80. The monoisotopic (exact) mass is 512 g/mol. The highest BCUT2D eigenvalue weighted by atomic mass is 32.2. The van der Waals surface area contributed by atoms with E-state index in [-0.39, 0.29) is 18.1 Å². The minimum absolute atomic E-state index is 0.0874. The summed E-state index contributed by atoms with van der Waals surface area (Å²) >= 11 is 0. The van der Waals surface area contributed by atoms with E-state index in [4.69, 9.17) is 13.7 Å². The van der Waals surface area contributed by atoms with Crippen LogP contribution in [0.1, 0.15) is 53.4 Å². The van der Waals surface area contributed by atoms with E-state index in [1.165, 1.54) is 12.2 Å². The van der Waals surface area contributed by atoms with Crippen LogP contribution in [0.15, 0.2) is 23.8 Å². The van der Waals surface area contributed by atoms with Crippen molar-refractivity contribution in [1.29, 1.82) is 0 Å². The first-order valence-corrected chi connectivity index (χ1v) is 13.9. The standard InChI is InChI=1S/C25H33FO8S/c1-21(2)33-20-11-17-16-7-6-14-10-15(27)8-9-22(14,3)24(16,26)18(28)12-23(17,4)25(20,34-21)19(29)13-32-35(5,30)31/h8-10,16-18,20,28H,6-7,11-13H2,1-5H3/t16-,17-,18-,20+,22-,23-,24-,25+/m0/s1. The largest absolute Gasteiger partial charge is 0.390 e. The Morgan fingerprint density at radius 3 is 2.60 bits per heavy atom. The van der Waals surface area contributed by atoms with Gasteiger partial charge in [0.05, 0.1) is 18.5 Å². The van der Waals surface area contributed by atoms with Crippen molar-refractivity contribution < 1.29 is 41.2 Å². The van der Waals surface area contributed by atoms with Crippen molar-refractivity contribution in [3.63, 3.8) is 0 Å². The summed E-state index contributed by atoms with van der Waals surface area (Å²) in [7, 11) is -3.89. The second kappa shape index (κ2) is 7.31. The van der Waals surface area contributed by atoms with Crippen molar-refractivity contribution in [2.75, 3.05) is 12.9 Å². The number of hydrogen-bond donors (Lipinski definition) is 1. The number of carbonyl (C=O) groups excluding carboxylic acids is 2. The molecule has 1 saturated heterocycles. The van der Waals surface area contributed by atoms with Gasteiger partial charge in [-0.05, 0) is 64.5 Å². The van der Waals surface area contributed by atoms with Gasteiger partial charge in [-0.15, -0.1) is 0 Å². The first kappa shape index (κ1) is 25.2. The summed E-state index contributed by atoms with van der Waals surface area (Å²) in [5.74, 6) is -2.92. The highest BCUT2D eigenvalue weighted by molar-refractivity contribution is 7.86. The molecule has 4 aliphatic carbocycles. The minimum Gasteiger partial charge on any atom is -0.390 e. The zero-order valence-corrected chi connectivity index (χ0v) is 21.5. The third-order valence-electron chi connectivity index (χ3n) is 9.45. The van der Waals surface area contributed by atoms with Crippen LogP contribution in [0.4, 0.5) is 4.39 Å². The van der Waals surface area contributed by atoms with Crippen LogP contribution in [0, 0.1) is 22.7 Å². The Morgan fingerprint density at radius 2 is 1.94 bits per heavy atom. The maximum absolute atomic E-state index is 17.3. The van der Waals surface area contributed by atoms with E-state index >= 15 is 4.39 Å². The Kier molecular flexibility index (Phi) is 5.26. The van der Waals surface area contributed by atoms with Crippen LogP contribution in [0.25, 0.3) is 0 Å². The molecule has 0 spiro atoms. The quantitative estimate of drug-likeness (QED) is 0.571. The third kappa shape index (κ3) is 3.19. The Hall–Kier alpha value is -1.46. The van der Waals surface area contributed by atoms with Crippen LogP contribution in [0.2, 0.25) is 0 Å². The molecule has 8 atom stereocenters. The predicted octanol–water partition coefficient (Wildman–Crippen LogP) is 2.40. The van der Waals surface area contributed by atoms with Crippen LogP contribution in [0.5, 0.6) is 0 Å². The molecular formula is C25H33FO8S. The van der Waals surface area contributed by atoms with Crippen molar-refractivity contribution >= 4 is 21.7 Å². The molecule has 4 fully saturated rings. The molecule has 0 aromatic heterocycles. The Bertz CT molecular complexity index is 1160. The fourth-order valence-electron chi connectivity index (χ4n) is 8.08. The molecule has 10 heteroatoms. The number of ether oxygens (including phenoxy) is 2. The van der Waals surface area contributed by atoms with Crippen LogP contribution >= 0.6 is 0 Å². The molecular weight excluding hydrogens is 479 g/mol. The maximum atomic E-state index is 17.3. The van der Waals surface area contributed by atoms with Gasteiger partial charge < -0.3 is 14.6 Å². The lowest BCUT2D eigenvalue weighted by Crippen LogP contribution is -2.70. The van der Waals surface area contributed by atoms with E-state index in [0.29, 0.717) is 24.8 Å². The van der Waals surface area contributed by atoms with Gasteiger partial charge in [-0.3, -0.25) is 13.8 Å². The molecule has 0 aromatic rings. The second-order valence-electron chi connectivity index (χ2n) is 11.7. The van der Waals surface area contributed by atoms with Crippen molar-refractivity contribution in [3.8, 4) is 0 Å². The van der Waals surface area contributed by atoms with E-state index in [9.17, 15) is 23.1 Å². The van der Waals surface area contributed by atoms with Crippen LogP contribution in [-0.2, 0) is 33.4 Å². The second-order valence-corrected chi connectivity index (χ2v) is 13.4. The zero-order valence-electron chi connectivity index (χ0n) is 20.7. The van der Waals surface area contributed by atoms with Gasteiger partial charge in [-0.2, -0.15) is 8.42 Å². The van der Waals surface area contributed by atoms with Gasteiger partial charge in [0.2, 0.25) is 0 Å². The van der Waals surface area contributed by atoms with Gasteiger partial charge in [-0.1, -0.05) is 18.6 Å². The smallest absolute Gasteiger partial charge is 0.264 e. The van der Waals surface area contributed by atoms with Crippen molar-refractivity contribution in [2.24, 2.45) is 22.7 Å². The maximum Gasteiger partial charge on any atom is 0.264 e. The molecule has 8 nitrogen and oxygen atoms in total. The number of carbonyl (C=O) groups is 2. The van der Waals surface area contributed by atoms with E-state index in [1.54, 1.807) is 26.8 Å². The van der Waals surface area contributed by atoms with E-state index in [0.717, 1.165) is 6.26 Å². The number of rotatable bonds is 4. The number of allylic oxidation sites excluding steroid dienone is 4. The SMILES string of the molecule is CC1(C)O[C@@H]2C[C@H]3[C@@H]4CCC5=CC(=O)C=C[C@]5(C)[C@@]4(F)[C@@H](O)C[C@]3(C)[C@]2(C(=O)COS(C)(=O)=O)O1. The number of aliphatic hydroxyl groups excluding tert-OH is 1. The lowest BCUT2D eigenvalue weighted by Gasteiger charge is -2.62. The topological polar surface area (TPSA) is 116 Å². The zero-order chi connectivity index (χ0) is 25.8. The molecule has 0 radical (unpaired) electrons. The predicted molar refractivity (Wildman–Crippen MR) is 122 cm³/mol. The Balaban J connectivity index is 1.59. The number of alkyl halides is 1. The van der Waals surface area contributed by atoms with Crippen LogP contribution in [-0.4, -0.2) is 67.2 Å². The Morgan fingerprint density at radius 1 is 1.26 bits per heavy atom. The summed E-state index contributed by atoms with van der Waals surface area (Å²) in [6.45, 7) is 6.17. The molecule has 5 rings (SSSR count). The summed E-state index contributed by atoms with van der Waals surface area (Å²) in [5.41, 5.74) is -5.16. The van der Waals surface area contributed by atoms with Gasteiger partial charge in [0, 0.05) is 16.7 Å². The van der Waals surface area contributed by atoms with Gasteiger partial charge in [0.25, 0.3) is 10.1 Å². The van der Waals surface area contributed by atoms with E-state index < -0.39 is 68.5 Å². The average Bonchev–Trinajstić information content (AvgIpc) is 3.14. The third-order valence-corrected chi connectivity index (χ3v) is 10.00. The average molecular weight is 513 g/mol. The molecule has 1 N–H and O–H groups in total. The summed E-state index contributed by atoms with van der Waals surface area (Å²) in [6, 6.07) is 0. The summed E-state index contributed by atoms with van der Waals surface area (Å²) in [6.07, 6.45) is 4.22. The number of hydrogen-bond acceptors (Lipinski definition) is 8. The highest BCUT2D eigenvalue weighted by Crippen LogP contribution is 2.72. The van der Waals surface area contributed by atoms with Crippen molar-refractivity contribution in [1.82, 2.24) is 0 Å². The fraction of sp³-hybridized carbons (Fsp3) is 0.760. The minimum atomic E-state index is -3.89. The molecule has 1 aliphatic heterocycles. The van der Waals surface area contributed by atoms with E-state index in [2.05, 4.69) is 0 Å². The molecule has 35 heavy (non-hydrogen) atoms. The van der Waals surface area contributed by atoms with Crippen LogP contribution < -0.4 is 0 Å². The first-order valence-electron chi connectivity index (χ1n) is 12.1. The van der Waals surface area contributed by atoms with Crippen molar-refractivity contribution in [3.05, 3.63) is 23.8 Å². The normalized spacial score (nSPS) is 48.0. The lowest BCUT2D eigenvalue weighted by atomic mass is 9.44. The number of Topliss-reactive ketones (excluding diaryl/α,β-unsaturated/α-hetero) is 1. The number of ketones is 2. The molecule has 194 valence electrons. The number of aliphatic hydroxyl groups is 1. The summed E-state index contributed by atoms with van der Waals surface area (Å²) in [5, 5.41) is 11.5. The molecule has 1 heterocycles. The van der Waals surface area contributed by atoms with E-state index in [1.807, 2.05) is 6.92 Å². The Labute approximate surface area is 205 Å². The van der Waals surface area contributed by atoms with Gasteiger partial charge >= 0.3 is 0 Å². The molecule has 3 saturated carbocycles. The molecule has 0 aromatic carbocycles. The molecule has 0 unspecified atom stereocenters. The molecule has 0 amide bonds.